The number of imidazole rings is 1. The zero-order valence-corrected chi connectivity index (χ0v) is 10.4. The highest BCUT2D eigenvalue weighted by molar-refractivity contribution is 5.40. The molecule has 4 nitrogen and oxygen atoms in total. The molecule has 1 aliphatic carbocycles. The second kappa shape index (κ2) is 4.82. The van der Waals surface area contributed by atoms with Gasteiger partial charge in [-0.05, 0) is 36.1 Å². The van der Waals surface area contributed by atoms with Crippen molar-refractivity contribution in [1.29, 1.82) is 0 Å². The number of fused-ring (bicyclic) bond motifs is 1. The lowest BCUT2D eigenvalue weighted by molar-refractivity contribution is 0.413. The molecule has 2 N–H and O–H groups in total. The summed E-state index contributed by atoms with van der Waals surface area (Å²) in [7, 11) is 1.71. The van der Waals surface area contributed by atoms with Gasteiger partial charge in [0, 0.05) is 24.5 Å². The molecule has 18 heavy (non-hydrogen) atoms. The van der Waals surface area contributed by atoms with E-state index in [2.05, 4.69) is 27.4 Å². The number of hydrogen-bond donors (Lipinski definition) is 2. The third kappa shape index (κ3) is 2.11. The summed E-state index contributed by atoms with van der Waals surface area (Å²) in [6.45, 7) is 0.821. The van der Waals surface area contributed by atoms with Gasteiger partial charge in [0.15, 0.2) is 0 Å². The third-order valence-electron chi connectivity index (χ3n) is 3.52. The van der Waals surface area contributed by atoms with Crippen LogP contribution < -0.4 is 10.1 Å². The van der Waals surface area contributed by atoms with Crippen LogP contribution in [0.3, 0.4) is 0 Å². The van der Waals surface area contributed by atoms with Crippen LogP contribution in [-0.2, 0) is 13.0 Å². The maximum absolute atomic E-state index is 5.29. The van der Waals surface area contributed by atoms with E-state index in [0.29, 0.717) is 6.04 Å². The van der Waals surface area contributed by atoms with Gasteiger partial charge in [-0.3, -0.25) is 0 Å². The molecular weight excluding hydrogens is 226 g/mol. The Labute approximate surface area is 106 Å². The molecule has 0 saturated carbocycles. The van der Waals surface area contributed by atoms with Crippen molar-refractivity contribution in [2.24, 2.45) is 0 Å². The average Bonchev–Trinajstić information content (AvgIpc) is 3.05. The average molecular weight is 243 g/mol. The lowest BCUT2D eigenvalue weighted by Crippen LogP contribution is -2.18. The van der Waals surface area contributed by atoms with Gasteiger partial charge in [-0.15, -0.1) is 0 Å². The Morgan fingerprint density at radius 3 is 3.22 bits per heavy atom. The fourth-order valence-electron chi connectivity index (χ4n) is 2.53. The van der Waals surface area contributed by atoms with Crippen LogP contribution in [0.15, 0.2) is 30.7 Å². The number of benzene rings is 1. The summed E-state index contributed by atoms with van der Waals surface area (Å²) in [5.41, 5.74) is 3.91. The molecule has 0 saturated heterocycles. The second-order valence-electron chi connectivity index (χ2n) is 4.61. The van der Waals surface area contributed by atoms with Crippen LogP contribution in [0, 0.1) is 0 Å². The summed E-state index contributed by atoms with van der Waals surface area (Å²) in [5.74, 6) is 0.934. The van der Waals surface area contributed by atoms with Gasteiger partial charge >= 0.3 is 0 Å². The van der Waals surface area contributed by atoms with Crippen molar-refractivity contribution in [1.82, 2.24) is 15.3 Å². The van der Waals surface area contributed by atoms with Crippen LogP contribution in [0.5, 0.6) is 5.75 Å². The maximum atomic E-state index is 5.29. The normalized spacial score (nSPS) is 17.7. The van der Waals surface area contributed by atoms with E-state index in [1.807, 2.05) is 12.3 Å². The number of ether oxygens (including phenoxy) is 1. The van der Waals surface area contributed by atoms with Gasteiger partial charge in [-0.2, -0.15) is 0 Å². The van der Waals surface area contributed by atoms with Crippen LogP contribution in [0.2, 0.25) is 0 Å². The molecule has 1 aliphatic rings. The number of H-pyrrole nitrogens is 1. The first-order chi connectivity index (χ1) is 8.86. The number of methoxy groups -OCH3 is 1. The summed E-state index contributed by atoms with van der Waals surface area (Å²) in [6.07, 6.45) is 5.85. The van der Waals surface area contributed by atoms with Crippen molar-refractivity contribution < 1.29 is 4.74 Å². The number of hydrogen-bond acceptors (Lipinski definition) is 3. The third-order valence-corrected chi connectivity index (χ3v) is 3.52. The van der Waals surface area contributed by atoms with Gasteiger partial charge in [-0.25, -0.2) is 4.98 Å². The highest BCUT2D eigenvalue weighted by Crippen LogP contribution is 2.33. The molecule has 1 heterocycles. The van der Waals surface area contributed by atoms with E-state index in [-0.39, 0.29) is 0 Å². The van der Waals surface area contributed by atoms with E-state index in [9.17, 15) is 0 Å². The molecule has 1 unspecified atom stereocenters. The standard InChI is InChI=1S/C14H17N3O/c1-18-12-4-2-10-3-5-14(13(10)6-12)16-8-11-7-15-9-17-11/h2,4,6-7,9,14,16H,3,5,8H2,1H3,(H,15,17). The molecule has 2 aromatic rings. The van der Waals surface area contributed by atoms with E-state index in [1.165, 1.54) is 11.1 Å². The molecule has 0 bridgehead atoms. The number of nitrogens with zero attached hydrogens (tertiary/aromatic N) is 1. The molecule has 0 fully saturated rings. The molecular formula is C14H17N3O. The Kier molecular flexibility index (Phi) is 3.02. The Hall–Kier alpha value is -1.81. The highest BCUT2D eigenvalue weighted by Gasteiger charge is 2.22. The first-order valence-electron chi connectivity index (χ1n) is 6.24. The van der Waals surface area contributed by atoms with E-state index < -0.39 is 0 Å². The molecule has 0 spiro atoms. The van der Waals surface area contributed by atoms with Crippen LogP contribution in [0.1, 0.15) is 29.3 Å². The molecule has 1 aromatic heterocycles. The molecule has 1 atom stereocenters. The van der Waals surface area contributed by atoms with Crippen molar-refractivity contribution in [2.75, 3.05) is 7.11 Å². The monoisotopic (exact) mass is 243 g/mol. The van der Waals surface area contributed by atoms with Crippen LogP contribution in [0.4, 0.5) is 0 Å². The SMILES string of the molecule is COc1ccc2c(c1)C(NCc1cnc[nH]1)CC2. The molecule has 4 heteroatoms. The summed E-state index contributed by atoms with van der Waals surface area (Å²) in [5, 5.41) is 3.56. The minimum atomic E-state index is 0.415. The highest BCUT2D eigenvalue weighted by atomic mass is 16.5. The Morgan fingerprint density at radius 2 is 2.44 bits per heavy atom. The minimum Gasteiger partial charge on any atom is -0.497 e. The number of aromatic amines is 1. The van der Waals surface area contributed by atoms with Crippen molar-refractivity contribution >= 4 is 0 Å². The van der Waals surface area contributed by atoms with E-state index in [0.717, 1.165) is 30.8 Å². The fourth-order valence-corrected chi connectivity index (χ4v) is 2.53. The first kappa shape index (κ1) is 11.3. The maximum Gasteiger partial charge on any atom is 0.119 e. The fraction of sp³-hybridized carbons (Fsp3) is 0.357. The lowest BCUT2D eigenvalue weighted by atomic mass is 10.1. The zero-order valence-electron chi connectivity index (χ0n) is 10.4. The molecule has 94 valence electrons. The topological polar surface area (TPSA) is 49.9 Å². The number of nitrogens with one attached hydrogen (secondary N) is 2. The van der Waals surface area contributed by atoms with Gasteiger partial charge in [0.05, 0.1) is 13.4 Å². The second-order valence-corrected chi connectivity index (χ2v) is 4.61. The molecule has 0 aliphatic heterocycles. The van der Waals surface area contributed by atoms with E-state index >= 15 is 0 Å². The van der Waals surface area contributed by atoms with Gasteiger partial charge in [-0.1, -0.05) is 6.07 Å². The van der Waals surface area contributed by atoms with Gasteiger partial charge < -0.3 is 15.0 Å². The molecule has 0 radical (unpaired) electrons. The van der Waals surface area contributed by atoms with Crippen LogP contribution >= 0.6 is 0 Å². The van der Waals surface area contributed by atoms with Crippen molar-refractivity contribution in [3.8, 4) is 5.75 Å². The summed E-state index contributed by atoms with van der Waals surface area (Å²) >= 11 is 0. The van der Waals surface area contributed by atoms with Gasteiger partial charge in [0.25, 0.3) is 0 Å². The number of rotatable bonds is 4. The quantitative estimate of drug-likeness (QED) is 0.865. The lowest BCUT2D eigenvalue weighted by Gasteiger charge is -2.14. The zero-order chi connectivity index (χ0) is 12.4. The number of aryl methyl sites for hydroxylation is 1. The molecule has 1 aromatic carbocycles. The summed E-state index contributed by atoms with van der Waals surface area (Å²) in [6, 6.07) is 6.77. The number of aromatic nitrogens is 2. The first-order valence-corrected chi connectivity index (χ1v) is 6.24. The van der Waals surface area contributed by atoms with E-state index in [1.54, 1.807) is 13.4 Å². The largest absolute Gasteiger partial charge is 0.497 e. The van der Waals surface area contributed by atoms with Crippen molar-refractivity contribution in [2.45, 2.75) is 25.4 Å². The predicted octanol–water partition coefficient (Wildman–Crippen LogP) is 2.20. The van der Waals surface area contributed by atoms with Crippen molar-refractivity contribution in [3.63, 3.8) is 0 Å². The smallest absolute Gasteiger partial charge is 0.119 e. The Balaban J connectivity index is 1.73. The van der Waals surface area contributed by atoms with E-state index in [4.69, 9.17) is 4.74 Å². The summed E-state index contributed by atoms with van der Waals surface area (Å²) < 4.78 is 5.29. The van der Waals surface area contributed by atoms with Gasteiger partial charge in [0.2, 0.25) is 0 Å². The summed E-state index contributed by atoms with van der Waals surface area (Å²) in [4.78, 5) is 7.13. The minimum absolute atomic E-state index is 0.415. The van der Waals surface area contributed by atoms with Crippen molar-refractivity contribution in [3.05, 3.63) is 47.5 Å². The van der Waals surface area contributed by atoms with Crippen LogP contribution in [-0.4, -0.2) is 17.1 Å². The Morgan fingerprint density at radius 1 is 1.50 bits per heavy atom. The van der Waals surface area contributed by atoms with Crippen LogP contribution in [0.25, 0.3) is 0 Å². The van der Waals surface area contributed by atoms with Gasteiger partial charge in [0.1, 0.15) is 5.75 Å². The molecule has 0 amide bonds. The Bertz CT molecular complexity index is 522. The predicted molar refractivity (Wildman–Crippen MR) is 69.5 cm³/mol. The molecule has 3 rings (SSSR count).